The van der Waals surface area contributed by atoms with E-state index in [9.17, 15) is 9.18 Å². The lowest BCUT2D eigenvalue weighted by Crippen LogP contribution is -2.28. The number of carbonyl (C=O) groups is 1. The topological polar surface area (TPSA) is 72.7 Å². The zero-order valence-corrected chi connectivity index (χ0v) is 16.1. The summed E-state index contributed by atoms with van der Waals surface area (Å²) >= 11 is 3.35. The SMILES string of the molecule is C[C@H](NC(=O)c1nnn(-c2ccc(F)cc2)c1C1CC1)c1ccc(Br)cn1. The molecule has 27 heavy (non-hydrogen) atoms. The molecule has 0 radical (unpaired) electrons. The first-order valence-corrected chi connectivity index (χ1v) is 9.46. The third kappa shape index (κ3) is 3.75. The van der Waals surface area contributed by atoms with Crippen molar-refractivity contribution in [3.05, 3.63) is 70.0 Å². The summed E-state index contributed by atoms with van der Waals surface area (Å²) in [6.07, 6.45) is 3.66. The van der Waals surface area contributed by atoms with E-state index in [4.69, 9.17) is 0 Å². The zero-order valence-electron chi connectivity index (χ0n) is 14.6. The molecule has 1 fully saturated rings. The Labute approximate surface area is 163 Å². The highest BCUT2D eigenvalue weighted by atomic mass is 79.9. The number of halogens is 2. The predicted octanol–water partition coefficient (Wildman–Crippen LogP) is 3.93. The average Bonchev–Trinajstić information content (AvgIpc) is 3.41. The van der Waals surface area contributed by atoms with E-state index in [0.717, 1.165) is 28.7 Å². The Morgan fingerprint density at radius 3 is 2.63 bits per heavy atom. The van der Waals surface area contributed by atoms with Crippen LogP contribution in [0.3, 0.4) is 0 Å². The lowest BCUT2D eigenvalue weighted by Gasteiger charge is -2.13. The van der Waals surface area contributed by atoms with Gasteiger partial charge in [0.25, 0.3) is 5.91 Å². The highest BCUT2D eigenvalue weighted by Gasteiger charge is 2.34. The second-order valence-electron chi connectivity index (χ2n) is 6.58. The van der Waals surface area contributed by atoms with Gasteiger partial charge in [0.2, 0.25) is 0 Å². The summed E-state index contributed by atoms with van der Waals surface area (Å²) in [4.78, 5) is 17.1. The summed E-state index contributed by atoms with van der Waals surface area (Å²) in [5, 5.41) is 11.2. The van der Waals surface area contributed by atoms with Gasteiger partial charge in [-0.2, -0.15) is 0 Å². The number of rotatable bonds is 5. The summed E-state index contributed by atoms with van der Waals surface area (Å²) in [7, 11) is 0. The largest absolute Gasteiger partial charge is 0.342 e. The Morgan fingerprint density at radius 2 is 2.00 bits per heavy atom. The molecular formula is C19H17BrFN5O. The fraction of sp³-hybridized carbons (Fsp3) is 0.263. The second kappa shape index (κ2) is 7.19. The number of nitrogens with zero attached hydrogens (tertiary/aromatic N) is 4. The van der Waals surface area contributed by atoms with E-state index in [1.807, 2.05) is 19.1 Å². The van der Waals surface area contributed by atoms with Crippen LogP contribution in [0.5, 0.6) is 0 Å². The maximum absolute atomic E-state index is 13.2. The van der Waals surface area contributed by atoms with Gasteiger partial charge in [-0.25, -0.2) is 9.07 Å². The molecule has 6 nitrogen and oxygen atoms in total. The van der Waals surface area contributed by atoms with Gasteiger partial charge in [0.15, 0.2) is 5.69 Å². The Morgan fingerprint density at radius 1 is 1.26 bits per heavy atom. The summed E-state index contributed by atoms with van der Waals surface area (Å²) in [5.74, 6) is -0.366. The number of aromatic nitrogens is 4. The molecular weight excluding hydrogens is 413 g/mol. The van der Waals surface area contributed by atoms with E-state index < -0.39 is 0 Å². The molecule has 138 valence electrons. The van der Waals surface area contributed by atoms with E-state index in [1.165, 1.54) is 12.1 Å². The zero-order chi connectivity index (χ0) is 19.0. The minimum absolute atomic E-state index is 0.243. The molecule has 2 heterocycles. The molecule has 0 spiro atoms. The van der Waals surface area contributed by atoms with E-state index >= 15 is 0 Å². The third-order valence-electron chi connectivity index (χ3n) is 4.50. The summed E-state index contributed by atoms with van der Waals surface area (Å²) < 4.78 is 15.7. The second-order valence-corrected chi connectivity index (χ2v) is 7.50. The molecule has 1 aliphatic rings. The molecule has 3 aromatic rings. The van der Waals surface area contributed by atoms with Gasteiger partial charge < -0.3 is 5.32 Å². The van der Waals surface area contributed by atoms with Gasteiger partial charge in [0.1, 0.15) is 5.82 Å². The normalized spacial score (nSPS) is 14.8. The van der Waals surface area contributed by atoms with Gasteiger partial charge in [-0.15, -0.1) is 5.10 Å². The first kappa shape index (κ1) is 17.8. The Kier molecular flexibility index (Phi) is 4.73. The van der Waals surface area contributed by atoms with Gasteiger partial charge >= 0.3 is 0 Å². The maximum atomic E-state index is 13.2. The van der Waals surface area contributed by atoms with Gasteiger partial charge in [-0.3, -0.25) is 9.78 Å². The van der Waals surface area contributed by atoms with Gasteiger partial charge in [0, 0.05) is 16.6 Å². The van der Waals surface area contributed by atoms with Crippen molar-refractivity contribution in [3.63, 3.8) is 0 Å². The molecule has 0 aliphatic heterocycles. The van der Waals surface area contributed by atoms with Crippen molar-refractivity contribution >= 4 is 21.8 Å². The number of amides is 1. The summed E-state index contributed by atoms with van der Waals surface area (Å²) in [6, 6.07) is 9.47. The summed E-state index contributed by atoms with van der Waals surface area (Å²) in [5.41, 5.74) is 2.53. The quantitative estimate of drug-likeness (QED) is 0.666. The van der Waals surface area contributed by atoms with Crippen LogP contribution in [-0.4, -0.2) is 25.9 Å². The highest BCUT2D eigenvalue weighted by molar-refractivity contribution is 9.10. The smallest absolute Gasteiger partial charge is 0.274 e. The molecule has 1 amide bonds. The molecule has 1 aromatic carbocycles. The van der Waals surface area contributed by atoms with E-state index in [-0.39, 0.29) is 23.7 Å². The van der Waals surface area contributed by atoms with Gasteiger partial charge in [-0.1, -0.05) is 5.21 Å². The van der Waals surface area contributed by atoms with Crippen molar-refractivity contribution in [1.82, 2.24) is 25.3 Å². The molecule has 0 bridgehead atoms. The van der Waals surface area contributed by atoms with Crippen LogP contribution in [-0.2, 0) is 0 Å². The first-order chi connectivity index (χ1) is 13.0. The molecule has 4 rings (SSSR count). The molecule has 1 atom stereocenters. The fourth-order valence-corrected chi connectivity index (χ4v) is 3.16. The lowest BCUT2D eigenvalue weighted by molar-refractivity contribution is 0.0933. The number of hydrogen-bond acceptors (Lipinski definition) is 4. The molecule has 1 N–H and O–H groups in total. The molecule has 8 heteroatoms. The van der Waals surface area contributed by atoms with Crippen molar-refractivity contribution < 1.29 is 9.18 Å². The number of carbonyl (C=O) groups excluding carboxylic acids is 1. The van der Waals surface area contributed by atoms with Crippen LogP contribution in [0.2, 0.25) is 0 Å². The molecule has 0 unspecified atom stereocenters. The van der Waals surface area contributed by atoms with Crippen LogP contribution < -0.4 is 5.32 Å². The van der Waals surface area contributed by atoms with Crippen LogP contribution in [0, 0.1) is 5.82 Å². The Balaban J connectivity index is 1.60. The van der Waals surface area contributed by atoms with E-state index in [0.29, 0.717) is 11.4 Å². The number of nitrogens with one attached hydrogen (secondary N) is 1. The first-order valence-electron chi connectivity index (χ1n) is 8.67. The third-order valence-corrected chi connectivity index (χ3v) is 4.97. The minimum Gasteiger partial charge on any atom is -0.342 e. The Bertz CT molecular complexity index is 967. The molecule has 0 saturated heterocycles. The number of pyridine rings is 1. The molecule has 1 saturated carbocycles. The van der Waals surface area contributed by atoms with Crippen molar-refractivity contribution in [1.29, 1.82) is 0 Å². The minimum atomic E-state index is -0.319. The number of benzene rings is 1. The molecule has 2 aromatic heterocycles. The van der Waals surface area contributed by atoms with Crippen molar-refractivity contribution in [2.75, 3.05) is 0 Å². The van der Waals surface area contributed by atoms with Crippen molar-refractivity contribution in [2.45, 2.75) is 31.7 Å². The molecule has 1 aliphatic carbocycles. The van der Waals surface area contributed by atoms with Gasteiger partial charge in [-0.05, 0) is 72.1 Å². The monoisotopic (exact) mass is 429 g/mol. The highest BCUT2D eigenvalue weighted by Crippen LogP contribution is 2.42. The fourth-order valence-electron chi connectivity index (χ4n) is 2.93. The van der Waals surface area contributed by atoms with E-state index in [2.05, 4.69) is 36.5 Å². The number of hydrogen-bond donors (Lipinski definition) is 1. The predicted molar refractivity (Wildman–Crippen MR) is 101 cm³/mol. The standard InChI is InChI=1S/C19H17BrFN5O/c1-11(16-9-4-13(20)10-22-16)23-19(27)17-18(12-2-3-12)26(25-24-17)15-7-5-14(21)6-8-15/h4-12H,2-3H2,1H3,(H,23,27)/t11-/m0/s1. The van der Waals surface area contributed by atoms with Gasteiger partial charge in [0.05, 0.1) is 23.1 Å². The van der Waals surface area contributed by atoms with Crippen LogP contribution >= 0.6 is 15.9 Å². The maximum Gasteiger partial charge on any atom is 0.274 e. The van der Waals surface area contributed by atoms with Crippen LogP contribution in [0.1, 0.15) is 53.6 Å². The average molecular weight is 430 g/mol. The summed E-state index contributed by atoms with van der Waals surface area (Å²) in [6.45, 7) is 1.87. The van der Waals surface area contributed by atoms with Crippen LogP contribution in [0.4, 0.5) is 4.39 Å². The van der Waals surface area contributed by atoms with Crippen molar-refractivity contribution in [3.8, 4) is 5.69 Å². The van der Waals surface area contributed by atoms with Crippen LogP contribution in [0.15, 0.2) is 47.1 Å². The lowest BCUT2D eigenvalue weighted by atomic mass is 10.1. The van der Waals surface area contributed by atoms with Crippen molar-refractivity contribution in [2.24, 2.45) is 0 Å². The van der Waals surface area contributed by atoms with Crippen LogP contribution in [0.25, 0.3) is 5.69 Å². The van der Waals surface area contributed by atoms with E-state index in [1.54, 1.807) is 23.0 Å². The Hall–Kier alpha value is -2.61.